The minimum atomic E-state index is -1.19. The Bertz CT molecular complexity index is 3610. The minimum Gasteiger partial charge on any atom is -0.497 e. The molecular weight excluding hydrogens is 1250 g/mol. The molecule has 0 aliphatic carbocycles. The van der Waals surface area contributed by atoms with Gasteiger partial charge < -0.3 is 49.7 Å². The van der Waals surface area contributed by atoms with Gasteiger partial charge in [-0.2, -0.15) is 0 Å². The van der Waals surface area contributed by atoms with E-state index in [1.54, 1.807) is 64.6 Å². The Kier molecular flexibility index (Phi) is 26.3. The lowest BCUT2D eigenvalue weighted by atomic mass is 10.1. The van der Waals surface area contributed by atoms with E-state index in [-0.39, 0.29) is 24.9 Å². The van der Waals surface area contributed by atoms with Gasteiger partial charge in [-0.1, -0.05) is 28.1 Å². The van der Waals surface area contributed by atoms with Crippen LogP contribution in [0.1, 0.15) is 50.4 Å². The van der Waals surface area contributed by atoms with Crippen molar-refractivity contribution in [1.82, 2.24) is 19.9 Å². The van der Waals surface area contributed by atoms with Gasteiger partial charge in [0.1, 0.15) is 71.8 Å². The molecule has 4 heterocycles. The van der Waals surface area contributed by atoms with E-state index in [0.717, 1.165) is 99.8 Å². The highest BCUT2D eigenvalue weighted by atomic mass is 79.9. The van der Waals surface area contributed by atoms with Crippen molar-refractivity contribution in [3.8, 4) is 76.8 Å². The van der Waals surface area contributed by atoms with Gasteiger partial charge in [0.2, 0.25) is 0 Å². The van der Waals surface area contributed by atoms with Crippen molar-refractivity contribution >= 4 is 90.4 Å². The summed E-state index contributed by atoms with van der Waals surface area (Å²) in [7, 11) is 8.14. The number of benzene rings is 6. The van der Waals surface area contributed by atoms with Crippen molar-refractivity contribution in [2.24, 2.45) is 11.5 Å². The third-order valence-electron chi connectivity index (χ3n) is 11.3. The van der Waals surface area contributed by atoms with Gasteiger partial charge in [-0.25, -0.2) is 33.5 Å². The van der Waals surface area contributed by atoms with E-state index in [2.05, 4.69) is 41.2 Å². The van der Waals surface area contributed by atoms with Crippen LogP contribution in [0.5, 0.6) is 34.5 Å². The number of primary amides is 1. The molecule has 85 heavy (non-hydrogen) atoms. The first-order valence-electron chi connectivity index (χ1n) is 25.2. The number of nitrogens with zero attached hydrogens (tertiary/aromatic N) is 4. The normalized spacial score (nSPS) is 10.2. The molecule has 0 saturated carbocycles. The fourth-order valence-corrected chi connectivity index (χ4v) is 10.8. The van der Waals surface area contributed by atoms with Crippen molar-refractivity contribution in [3.05, 3.63) is 201 Å². The average molecular weight is 1310 g/mol. The summed E-state index contributed by atoms with van der Waals surface area (Å²) in [5.41, 5.74) is 17.2. The standard InChI is InChI=1S/C18H14F2N2O3S.C13H13NO3S.C11H10BrNOS.C11H11NO2S.C8H9NOS/c1-24-12-4-2-10(3-5-12)18-22-11(9-26-18)8-25-14-7-6-13(19)15(16(14)20)17(21)23;1-3-17-13(15)11-8-18-12(14-11)9-4-6-10(16-2)7-5-9;1-14-10-4-2-8(3-5-10)11-13-9(6-12)7-15-11;1-14-10-4-2-8(3-5-10)11-12-9(6-13)7-15-11;1-10-7-4-2-6(3-5-7)8(9)11/h2-7,9H,8H2,1H3,(H2,21,23);4-8H,3H2,1-2H3;2-5,7H,6H2,1H3;2-5,7,13H,6H2,1H3;2-5H,1H3,(H2,9,11). The van der Waals surface area contributed by atoms with E-state index in [1.807, 2.05) is 127 Å². The lowest BCUT2D eigenvalue weighted by molar-refractivity contribution is 0.0520. The Morgan fingerprint density at radius 1 is 0.541 bits per heavy atom. The Morgan fingerprint density at radius 3 is 1.28 bits per heavy atom. The van der Waals surface area contributed by atoms with Gasteiger partial charge >= 0.3 is 5.97 Å². The van der Waals surface area contributed by atoms with Crippen molar-refractivity contribution in [1.29, 1.82) is 0 Å². The number of carbonyl (C=O) groups is 2. The SMILES string of the molecule is CCOC(=O)c1csc(-c2ccc(OC)cc2)n1.COc1ccc(-c2nc(CBr)cs2)cc1.COc1ccc(-c2nc(CO)cs2)cc1.COc1ccc(-c2nc(COc3ccc(F)c(C(N)=O)c3F)cs2)cc1.COc1ccc(C(N)=S)cc1. The van der Waals surface area contributed by atoms with Crippen LogP contribution in [-0.4, -0.2) is 84.1 Å². The van der Waals surface area contributed by atoms with Gasteiger partial charge in [0.05, 0.1) is 65.8 Å². The maximum absolute atomic E-state index is 14.1. The topological polar surface area (TPSA) is 223 Å². The second-order valence-corrected chi connectivity index (χ2v) is 21.3. The van der Waals surface area contributed by atoms with Gasteiger partial charge in [-0.3, -0.25) is 4.79 Å². The molecule has 16 nitrogen and oxygen atoms in total. The number of amides is 1. The van der Waals surface area contributed by atoms with Gasteiger partial charge in [-0.05, 0) is 140 Å². The quantitative estimate of drug-likeness (QED) is 0.0413. The van der Waals surface area contributed by atoms with Crippen LogP contribution in [0, 0.1) is 11.6 Å². The van der Waals surface area contributed by atoms with E-state index >= 15 is 0 Å². The fraction of sp³-hybridized carbons (Fsp3) is 0.164. The van der Waals surface area contributed by atoms with Gasteiger partial charge in [0.25, 0.3) is 5.91 Å². The number of rotatable bonds is 18. The molecule has 442 valence electrons. The number of halogens is 3. The summed E-state index contributed by atoms with van der Waals surface area (Å²) in [6.07, 6.45) is 0. The Balaban J connectivity index is 0.000000175. The molecule has 0 radical (unpaired) electrons. The summed E-state index contributed by atoms with van der Waals surface area (Å²) in [4.78, 5) is 40.5. The van der Waals surface area contributed by atoms with Crippen LogP contribution in [0.2, 0.25) is 0 Å². The molecule has 10 rings (SSSR count). The van der Waals surface area contributed by atoms with Crippen molar-refractivity contribution in [2.45, 2.75) is 25.5 Å². The number of hydrogen-bond acceptors (Lipinski definition) is 19. The molecule has 5 N–H and O–H groups in total. The summed E-state index contributed by atoms with van der Waals surface area (Å²) < 4.78 is 63.2. The highest BCUT2D eigenvalue weighted by Gasteiger charge is 2.20. The highest BCUT2D eigenvalue weighted by Crippen LogP contribution is 2.31. The third kappa shape index (κ3) is 19.7. The number of thiazole rings is 4. The lowest BCUT2D eigenvalue weighted by Gasteiger charge is -2.08. The number of carbonyl (C=O) groups excluding carboxylic acids is 2. The van der Waals surface area contributed by atoms with Crippen molar-refractivity contribution in [3.63, 3.8) is 0 Å². The van der Waals surface area contributed by atoms with Crippen LogP contribution in [0.15, 0.2) is 155 Å². The Hall–Kier alpha value is -8.23. The zero-order valence-corrected chi connectivity index (χ0v) is 52.2. The van der Waals surface area contributed by atoms with Crippen LogP contribution in [0.25, 0.3) is 42.3 Å². The number of aliphatic hydroxyl groups is 1. The number of thiocarbonyl (C=S) groups is 1. The Morgan fingerprint density at radius 2 is 0.918 bits per heavy atom. The lowest BCUT2D eigenvalue weighted by Crippen LogP contribution is -2.16. The third-order valence-corrected chi connectivity index (χ3v) is 15.9. The maximum Gasteiger partial charge on any atom is 0.357 e. The molecule has 0 spiro atoms. The number of esters is 1. The number of methoxy groups -OCH3 is 5. The monoisotopic (exact) mass is 1310 g/mol. The molecule has 4 aromatic heterocycles. The van der Waals surface area contributed by atoms with Crippen LogP contribution >= 0.6 is 73.5 Å². The molecule has 0 bridgehead atoms. The first-order chi connectivity index (χ1) is 41.1. The molecule has 0 atom stereocenters. The average Bonchev–Trinajstić information content (AvgIpc) is 4.53. The van der Waals surface area contributed by atoms with Gasteiger partial charge in [0, 0.05) is 54.7 Å². The number of nitrogens with two attached hydrogens (primary N) is 2. The summed E-state index contributed by atoms with van der Waals surface area (Å²) in [5, 5.41) is 20.6. The van der Waals surface area contributed by atoms with E-state index < -0.39 is 23.1 Å². The van der Waals surface area contributed by atoms with E-state index in [1.165, 1.54) is 34.0 Å². The maximum atomic E-state index is 14.1. The largest absolute Gasteiger partial charge is 0.497 e. The van der Waals surface area contributed by atoms with Crippen molar-refractivity contribution in [2.75, 3.05) is 42.2 Å². The molecule has 1 amide bonds. The van der Waals surface area contributed by atoms with Crippen LogP contribution in [-0.2, 0) is 23.3 Å². The van der Waals surface area contributed by atoms with Gasteiger partial charge in [-0.15, -0.1) is 45.3 Å². The van der Waals surface area contributed by atoms with E-state index in [4.69, 9.17) is 61.9 Å². The number of aromatic nitrogens is 4. The number of alkyl halides is 1. The summed E-state index contributed by atoms with van der Waals surface area (Å²) >= 11 is 14.2. The molecule has 24 heteroatoms. The van der Waals surface area contributed by atoms with Crippen LogP contribution in [0.3, 0.4) is 0 Å². The predicted octanol–water partition coefficient (Wildman–Crippen LogP) is 14.1. The van der Waals surface area contributed by atoms with E-state index in [9.17, 15) is 18.4 Å². The predicted molar refractivity (Wildman–Crippen MR) is 339 cm³/mol. The van der Waals surface area contributed by atoms with E-state index in [0.29, 0.717) is 28.7 Å². The number of ether oxygens (including phenoxy) is 7. The summed E-state index contributed by atoms with van der Waals surface area (Å²) in [6, 6.07) is 40.0. The second kappa shape index (κ2) is 33.9. The van der Waals surface area contributed by atoms with Crippen LogP contribution < -0.4 is 39.9 Å². The Labute approximate surface area is 519 Å². The zero-order valence-electron chi connectivity index (χ0n) is 46.6. The zero-order chi connectivity index (χ0) is 61.3. The van der Waals surface area contributed by atoms with Crippen molar-refractivity contribution < 1.29 is 56.6 Å². The first kappa shape index (κ1) is 65.9. The number of aliphatic hydroxyl groups excluding tert-OH is 1. The summed E-state index contributed by atoms with van der Waals surface area (Å²) in [5.74, 6) is 0.0556. The number of hydrogen-bond donors (Lipinski definition) is 3. The molecule has 0 fully saturated rings. The molecular formula is C61H57BrF2N6O10S5. The smallest absolute Gasteiger partial charge is 0.357 e. The molecule has 0 saturated heterocycles. The molecule has 0 aliphatic heterocycles. The van der Waals surface area contributed by atoms with Gasteiger partial charge in [0.15, 0.2) is 17.3 Å². The highest BCUT2D eigenvalue weighted by molar-refractivity contribution is 9.08. The molecule has 0 unspecified atom stereocenters. The van der Waals surface area contributed by atoms with Crippen LogP contribution in [0.4, 0.5) is 8.78 Å². The molecule has 0 aliphatic rings. The summed E-state index contributed by atoms with van der Waals surface area (Å²) in [6.45, 7) is 2.09. The fourth-order valence-electron chi connectivity index (χ4n) is 6.94. The molecule has 6 aromatic carbocycles. The first-order valence-corrected chi connectivity index (χ1v) is 30.2. The minimum absolute atomic E-state index is 0.00729. The second-order valence-electron chi connectivity index (χ2n) is 16.9. The molecule has 10 aromatic rings.